The highest BCUT2D eigenvalue weighted by Crippen LogP contribution is 2.03. The summed E-state index contributed by atoms with van der Waals surface area (Å²) in [6.45, 7) is 9.11. The van der Waals surface area contributed by atoms with E-state index in [-0.39, 0.29) is 11.9 Å². The molecule has 0 heterocycles. The molecule has 0 rings (SSSR count). The Balaban J connectivity index is 3.73. The molecule has 3 N–H and O–H groups in total. The summed E-state index contributed by atoms with van der Waals surface area (Å²) >= 11 is 0. The van der Waals surface area contributed by atoms with Crippen LogP contribution in [0, 0.1) is 11.8 Å². The Hall–Kier alpha value is -0.570. The molecule has 84 valence electrons. The first-order chi connectivity index (χ1) is 6.47. The second-order valence-electron chi connectivity index (χ2n) is 4.49. The molecule has 0 spiro atoms. The van der Waals surface area contributed by atoms with Crippen molar-refractivity contribution in [3.05, 3.63) is 0 Å². The van der Waals surface area contributed by atoms with Crippen molar-refractivity contribution >= 4 is 5.91 Å². The normalized spacial score (nSPS) is 15.3. The highest BCUT2D eigenvalue weighted by molar-refractivity contribution is 5.81. The first-order valence-corrected chi connectivity index (χ1v) is 5.50. The van der Waals surface area contributed by atoms with Gasteiger partial charge in [0.1, 0.15) is 0 Å². The Morgan fingerprint density at radius 1 is 1.36 bits per heavy atom. The van der Waals surface area contributed by atoms with Gasteiger partial charge in [-0.05, 0) is 18.3 Å². The minimum Gasteiger partial charge on any atom is -0.354 e. The zero-order valence-electron chi connectivity index (χ0n) is 9.84. The predicted octanol–water partition coefficient (Wildman–Crippen LogP) is 1.52. The smallest absolute Gasteiger partial charge is 0.236 e. The highest BCUT2D eigenvalue weighted by Gasteiger charge is 2.14. The lowest BCUT2D eigenvalue weighted by atomic mass is 10.0. The van der Waals surface area contributed by atoms with Crippen LogP contribution in [0.5, 0.6) is 0 Å². The topological polar surface area (TPSA) is 55.1 Å². The number of hydrogen-bond donors (Lipinski definition) is 2. The van der Waals surface area contributed by atoms with Crippen LogP contribution in [0.3, 0.4) is 0 Å². The van der Waals surface area contributed by atoms with Gasteiger partial charge in [-0.2, -0.15) is 0 Å². The molecule has 0 aliphatic rings. The van der Waals surface area contributed by atoms with E-state index in [0.717, 1.165) is 19.4 Å². The number of amides is 1. The van der Waals surface area contributed by atoms with Crippen molar-refractivity contribution in [3.63, 3.8) is 0 Å². The monoisotopic (exact) mass is 200 g/mol. The van der Waals surface area contributed by atoms with Crippen molar-refractivity contribution in [1.29, 1.82) is 0 Å². The summed E-state index contributed by atoms with van der Waals surface area (Å²) in [7, 11) is 0. The summed E-state index contributed by atoms with van der Waals surface area (Å²) in [4.78, 5) is 11.5. The van der Waals surface area contributed by atoms with Crippen LogP contribution in [-0.2, 0) is 4.79 Å². The summed E-state index contributed by atoms with van der Waals surface area (Å²) in [6.07, 6.45) is 1.84. The first-order valence-electron chi connectivity index (χ1n) is 5.50. The quantitative estimate of drug-likeness (QED) is 0.683. The van der Waals surface area contributed by atoms with E-state index in [1.54, 1.807) is 0 Å². The van der Waals surface area contributed by atoms with Crippen LogP contribution in [0.1, 0.15) is 40.5 Å². The summed E-state index contributed by atoms with van der Waals surface area (Å²) in [6, 6.07) is -0.348. The molecule has 0 aromatic heterocycles. The highest BCUT2D eigenvalue weighted by atomic mass is 16.2. The average molecular weight is 200 g/mol. The third-order valence-corrected chi connectivity index (χ3v) is 2.38. The predicted molar refractivity (Wildman–Crippen MR) is 59.9 cm³/mol. The number of carbonyl (C=O) groups excluding carboxylic acids is 1. The fraction of sp³-hybridized carbons (Fsp3) is 0.909. The van der Waals surface area contributed by atoms with Gasteiger partial charge >= 0.3 is 0 Å². The molecule has 0 fully saturated rings. The summed E-state index contributed by atoms with van der Waals surface area (Å²) in [5.74, 6) is 0.989. The van der Waals surface area contributed by atoms with Crippen LogP contribution in [0.2, 0.25) is 0 Å². The van der Waals surface area contributed by atoms with Crippen molar-refractivity contribution in [2.45, 2.75) is 46.6 Å². The number of hydrogen-bond acceptors (Lipinski definition) is 2. The molecule has 3 heteroatoms. The SMILES string of the molecule is CCC(C)CNC(=O)C(N)CC(C)C. The summed E-state index contributed by atoms with van der Waals surface area (Å²) in [5.41, 5.74) is 5.73. The fourth-order valence-corrected chi connectivity index (χ4v) is 1.17. The Morgan fingerprint density at radius 3 is 2.36 bits per heavy atom. The minimum absolute atomic E-state index is 0.0148. The second kappa shape index (κ2) is 6.82. The van der Waals surface area contributed by atoms with E-state index in [1.165, 1.54) is 0 Å². The lowest BCUT2D eigenvalue weighted by Crippen LogP contribution is -2.42. The van der Waals surface area contributed by atoms with E-state index in [4.69, 9.17) is 5.73 Å². The molecule has 3 nitrogen and oxygen atoms in total. The van der Waals surface area contributed by atoms with Gasteiger partial charge < -0.3 is 11.1 Å². The molecule has 0 aliphatic heterocycles. The molecule has 2 atom stereocenters. The van der Waals surface area contributed by atoms with Gasteiger partial charge in [-0.1, -0.05) is 34.1 Å². The lowest BCUT2D eigenvalue weighted by molar-refractivity contribution is -0.122. The largest absolute Gasteiger partial charge is 0.354 e. The first kappa shape index (κ1) is 13.4. The van der Waals surface area contributed by atoms with Crippen LogP contribution in [0.4, 0.5) is 0 Å². The molecule has 0 aromatic rings. The molecule has 0 saturated heterocycles. The number of nitrogens with two attached hydrogens (primary N) is 1. The standard InChI is InChI=1S/C11H24N2O/c1-5-9(4)7-13-11(14)10(12)6-8(2)3/h8-10H,5-7,12H2,1-4H3,(H,13,14). The molecule has 0 bridgehead atoms. The second-order valence-corrected chi connectivity index (χ2v) is 4.49. The maximum Gasteiger partial charge on any atom is 0.236 e. The number of nitrogens with one attached hydrogen (secondary N) is 1. The average Bonchev–Trinajstić information content (AvgIpc) is 2.12. The van der Waals surface area contributed by atoms with Crippen molar-refractivity contribution in [1.82, 2.24) is 5.32 Å². The van der Waals surface area contributed by atoms with E-state index >= 15 is 0 Å². The summed E-state index contributed by atoms with van der Waals surface area (Å²) in [5, 5.41) is 2.87. The van der Waals surface area contributed by atoms with E-state index in [1.807, 2.05) is 0 Å². The maximum absolute atomic E-state index is 11.5. The van der Waals surface area contributed by atoms with Gasteiger partial charge in [0.2, 0.25) is 5.91 Å². The van der Waals surface area contributed by atoms with E-state index < -0.39 is 0 Å². The van der Waals surface area contributed by atoms with Crippen LogP contribution in [0.25, 0.3) is 0 Å². The van der Waals surface area contributed by atoms with Crippen molar-refractivity contribution in [2.24, 2.45) is 17.6 Å². The molecular weight excluding hydrogens is 176 g/mol. The molecule has 2 unspecified atom stereocenters. The van der Waals surface area contributed by atoms with Gasteiger partial charge in [0.25, 0.3) is 0 Å². The van der Waals surface area contributed by atoms with Crippen LogP contribution < -0.4 is 11.1 Å². The Kier molecular flexibility index (Phi) is 6.54. The molecule has 0 aliphatic carbocycles. The molecule has 14 heavy (non-hydrogen) atoms. The zero-order valence-corrected chi connectivity index (χ0v) is 9.84. The summed E-state index contributed by atoms with van der Waals surface area (Å²) < 4.78 is 0. The fourth-order valence-electron chi connectivity index (χ4n) is 1.17. The van der Waals surface area contributed by atoms with Gasteiger partial charge in [0, 0.05) is 6.54 Å². The molecule has 0 radical (unpaired) electrons. The molecule has 0 aromatic carbocycles. The van der Waals surface area contributed by atoms with Gasteiger partial charge in [0.05, 0.1) is 6.04 Å². The molecule has 1 amide bonds. The molecule has 0 saturated carbocycles. The van der Waals surface area contributed by atoms with E-state index in [9.17, 15) is 4.79 Å². The van der Waals surface area contributed by atoms with Crippen molar-refractivity contribution in [2.75, 3.05) is 6.54 Å². The van der Waals surface area contributed by atoms with Gasteiger partial charge in [-0.25, -0.2) is 0 Å². The third kappa shape index (κ3) is 5.97. The van der Waals surface area contributed by atoms with Gasteiger partial charge in [-0.3, -0.25) is 4.79 Å². The van der Waals surface area contributed by atoms with Gasteiger partial charge in [0.15, 0.2) is 0 Å². The van der Waals surface area contributed by atoms with Crippen molar-refractivity contribution in [3.8, 4) is 0 Å². The Bertz CT molecular complexity index is 169. The Morgan fingerprint density at radius 2 is 1.93 bits per heavy atom. The third-order valence-electron chi connectivity index (χ3n) is 2.38. The Labute approximate surface area is 87.4 Å². The van der Waals surface area contributed by atoms with E-state index in [0.29, 0.717) is 11.8 Å². The molecular formula is C11H24N2O. The maximum atomic E-state index is 11.5. The lowest BCUT2D eigenvalue weighted by Gasteiger charge is -2.16. The van der Waals surface area contributed by atoms with Crippen molar-refractivity contribution < 1.29 is 4.79 Å². The van der Waals surface area contributed by atoms with Crippen LogP contribution in [0.15, 0.2) is 0 Å². The van der Waals surface area contributed by atoms with Gasteiger partial charge in [-0.15, -0.1) is 0 Å². The van der Waals surface area contributed by atoms with E-state index in [2.05, 4.69) is 33.0 Å². The van der Waals surface area contributed by atoms with Crippen LogP contribution in [-0.4, -0.2) is 18.5 Å². The number of rotatable bonds is 6. The minimum atomic E-state index is -0.348. The van der Waals surface area contributed by atoms with Crippen LogP contribution >= 0.6 is 0 Å². The zero-order chi connectivity index (χ0) is 11.1. The number of carbonyl (C=O) groups is 1.